The molecule has 35 heavy (non-hydrogen) atoms. The lowest BCUT2D eigenvalue weighted by molar-refractivity contribution is 0.0497. The first-order valence-corrected chi connectivity index (χ1v) is 13.0. The molecule has 2 bridgehead atoms. The zero-order valence-corrected chi connectivity index (χ0v) is 20.2. The maximum absolute atomic E-state index is 12.1. The topological polar surface area (TPSA) is 68.8 Å². The fourth-order valence-corrected chi connectivity index (χ4v) is 5.84. The summed E-state index contributed by atoms with van der Waals surface area (Å²) in [5.74, 6) is 2.26. The van der Waals surface area contributed by atoms with Crippen LogP contribution in [-0.2, 0) is 11.3 Å². The number of fused-ring (bicyclic) bond motifs is 3. The second-order valence-corrected chi connectivity index (χ2v) is 10.3. The van der Waals surface area contributed by atoms with Crippen LogP contribution in [0.2, 0.25) is 0 Å². The standard InChI is InChI=1S/C29H34N2O4/c32-29-28-15-26(8-3-21(28)16-30-29)35-18-22-13-23-4-5-24(31-23)14-27(22)20-1-6-25(7-2-20)34-17-19-9-11-33-12-10-19/h1-3,6-8,15,19,23-24,31H,4-5,9-14,16-18H2,(H,30,32). The molecule has 0 radical (unpaired) electrons. The molecule has 0 saturated carbocycles. The number of ether oxygens (including phenoxy) is 3. The minimum atomic E-state index is -0.0135. The van der Waals surface area contributed by atoms with Gasteiger partial charge in [0.05, 0.1) is 6.61 Å². The van der Waals surface area contributed by atoms with Gasteiger partial charge >= 0.3 is 0 Å². The third kappa shape index (κ3) is 5.09. The molecule has 4 aliphatic heterocycles. The van der Waals surface area contributed by atoms with E-state index < -0.39 is 0 Å². The van der Waals surface area contributed by atoms with Crippen molar-refractivity contribution >= 4 is 11.5 Å². The van der Waals surface area contributed by atoms with E-state index in [0.29, 0.717) is 31.2 Å². The van der Waals surface area contributed by atoms with Crippen LogP contribution in [0.15, 0.2) is 48.0 Å². The molecule has 2 unspecified atom stereocenters. The Labute approximate surface area is 207 Å². The van der Waals surface area contributed by atoms with E-state index in [1.165, 1.54) is 29.6 Å². The molecule has 0 aromatic heterocycles. The molecule has 2 atom stereocenters. The van der Waals surface area contributed by atoms with Gasteiger partial charge in [0.1, 0.15) is 18.1 Å². The van der Waals surface area contributed by atoms with Crippen LogP contribution in [0.25, 0.3) is 5.57 Å². The second-order valence-electron chi connectivity index (χ2n) is 10.3. The Kier molecular flexibility index (Phi) is 6.49. The molecule has 2 N–H and O–H groups in total. The molecule has 184 valence electrons. The molecule has 1 amide bonds. The van der Waals surface area contributed by atoms with Crippen molar-refractivity contribution in [3.63, 3.8) is 0 Å². The molecule has 2 aromatic rings. The number of rotatable bonds is 7. The number of benzene rings is 2. The lowest BCUT2D eigenvalue weighted by Gasteiger charge is -2.22. The number of carbonyl (C=O) groups excluding carboxylic acids is 1. The van der Waals surface area contributed by atoms with Crippen molar-refractivity contribution < 1.29 is 19.0 Å². The van der Waals surface area contributed by atoms with Crippen LogP contribution in [0.5, 0.6) is 11.5 Å². The van der Waals surface area contributed by atoms with Crippen LogP contribution in [0.3, 0.4) is 0 Å². The molecular formula is C29H34N2O4. The van der Waals surface area contributed by atoms with E-state index in [2.05, 4.69) is 34.9 Å². The van der Waals surface area contributed by atoms with Gasteiger partial charge in [0.15, 0.2) is 0 Å². The quantitative estimate of drug-likeness (QED) is 0.619. The Hall–Kier alpha value is -2.83. The maximum atomic E-state index is 12.1. The molecule has 6 heteroatoms. The fraction of sp³-hybridized carbons (Fsp3) is 0.483. The molecule has 6 nitrogen and oxygen atoms in total. The van der Waals surface area contributed by atoms with Crippen LogP contribution in [-0.4, -0.2) is 44.4 Å². The van der Waals surface area contributed by atoms with Crippen LogP contribution in [0.4, 0.5) is 0 Å². The Bertz CT molecular complexity index is 1100. The SMILES string of the molecule is O=C1NCc2ccc(OCC3=C(c4ccc(OCC5CCOCC5)cc4)CC4CCC(C3)N4)cc21. The number of nitrogens with one attached hydrogen (secondary N) is 2. The van der Waals surface area contributed by atoms with Crippen molar-refractivity contribution in [3.05, 3.63) is 64.7 Å². The number of hydrogen-bond acceptors (Lipinski definition) is 5. The minimum absolute atomic E-state index is 0.0135. The minimum Gasteiger partial charge on any atom is -0.493 e. The highest BCUT2D eigenvalue weighted by Crippen LogP contribution is 2.36. The summed E-state index contributed by atoms with van der Waals surface area (Å²) in [5, 5.41) is 6.68. The normalized spacial score (nSPS) is 24.2. The first-order chi connectivity index (χ1) is 17.2. The molecule has 0 spiro atoms. The first kappa shape index (κ1) is 22.6. The Morgan fingerprint density at radius 2 is 1.66 bits per heavy atom. The largest absolute Gasteiger partial charge is 0.493 e. The van der Waals surface area contributed by atoms with E-state index in [1.54, 1.807) is 0 Å². The highest BCUT2D eigenvalue weighted by Gasteiger charge is 2.31. The van der Waals surface area contributed by atoms with Crippen molar-refractivity contribution in [2.45, 2.75) is 57.2 Å². The predicted molar refractivity (Wildman–Crippen MR) is 135 cm³/mol. The van der Waals surface area contributed by atoms with E-state index in [-0.39, 0.29) is 5.91 Å². The van der Waals surface area contributed by atoms with Crippen LogP contribution >= 0.6 is 0 Å². The summed E-state index contributed by atoms with van der Waals surface area (Å²) in [5.41, 5.74) is 5.77. The van der Waals surface area contributed by atoms with Gasteiger partial charge in [-0.15, -0.1) is 0 Å². The second kappa shape index (κ2) is 10.0. The predicted octanol–water partition coefficient (Wildman–Crippen LogP) is 4.48. The van der Waals surface area contributed by atoms with Crippen LogP contribution in [0, 0.1) is 5.92 Å². The van der Waals surface area contributed by atoms with E-state index in [1.807, 2.05) is 18.2 Å². The third-order valence-corrected chi connectivity index (χ3v) is 7.91. The summed E-state index contributed by atoms with van der Waals surface area (Å²) in [4.78, 5) is 12.1. The number of amides is 1. The van der Waals surface area contributed by atoms with Gasteiger partial charge < -0.3 is 24.8 Å². The van der Waals surface area contributed by atoms with E-state index in [9.17, 15) is 4.79 Å². The van der Waals surface area contributed by atoms with Crippen molar-refractivity contribution in [2.24, 2.45) is 5.92 Å². The summed E-state index contributed by atoms with van der Waals surface area (Å²) in [6.07, 6.45) is 6.63. The van der Waals surface area contributed by atoms with E-state index in [4.69, 9.17) is 14.2 Å². The number of hydrogen-bond donors (Lipinski definition) is 2. The fourth-order valence-electron chi connectivity index (χ4n) is 5.84. The Morgan fingerprint density at radius 1 is 0.886 bits per heavy atom. The lowest BCUT2D eigenvalue weighted by atomic mass is 9.89. The maximum Gasteiger partial charge on any atom is 0.252 e. The average molecular weight is 475 g/mol. The Balaban J connectivity index is 1.18. The zero-order valence-electron chi connectivity index (χ0n) is 20.2. The van der Waals surface area contributed by atoms with Gasteiger partial charge in [0.25, 0.3) is 5.91 Å². The van der Waals surface area contributed by atoms with Crippen molar-refractivity contribution in [3.8, 4) is 11.5 Å². The van der Waals surface area contributed by atoms with E-state index >= 15 is 0 Å². The van der Waals surface area contributed by atoms with Crippen molar-refractivity contribution in [2.75, 3.05) is 26.4 Å². The lowest BCUT2D eigenvalue weighted by Crippen LogP contribution is -2.27. The van der Waals surface area contributed by atoms with Gasteiger partial charge in [-0.2, -0.15) is 0 Å². The monoisotopic (exact) mass is 474 g/mol. The van der Waals surface area contributed by atoms with Crippen molar-refractivity contribution in [1.82, 2.24) is 10.6 Å². The van der Waals surface area contributed by atoms with Gasteiger partial charge in [-0.05, 0) is 91.0 Å². The summed E-state index contributed by atoms with van der Waals surface area (Å²) < 4.78 is 17.8. The molecule has 2 aromatic carbocycles. The van der Waals surface area contributed by atoms with Crippen LogP contribution in [0.1, 0.15) is 60.0 Å². The number of carbonyl (C=O) groups is 1. The molecule has 2 saturated heterocycles. The molecule has 4 aliphatic rings. The van der Waals surface area contributed by atoms with Crippen LogP contribution < -0.4 is 20.1 Å². The van der Waals surface area contributed by atoms with Gasteiger partial charge in [0, 0.05) is 37.4 Å². The summed E-state index contributed by atoms with van der Waals surface area (Å²) in [7, 11) is 0. The third-order valence-electron chi connectivity index (χ3n) is 7.91. The highest BCUT2D eigenvalue weighted by atomic mass is 16.5. The van der Waals surface area contributed by atoms with Gasteiger partial charge in [-0.3, -0.25) is 4.79 Å². The van der Waals surface area contributed by atoms with Gasteiger partial charge in [-0.1, -0.05) is 18.2 Å². The molecule has 0 aliphatic carbocycles. The Morgan fingerprint density at radius 3 is 2.49 bits per heavy atom. The molecule has 4 heterocycles. The first-order valence-electron chi connectivity index (χ1n) is 13.0. The van der Waals surface area contributed by atoms with E-state index in [0.717, 1.165) is 68.1 Å². The van der Waals surface area contributed by atoms with Gasteiger partial charge in [-0.25, -0.2) is 0 Å². The zero-order chi connectivity index (χ0) is 23.6. The summed E-state index contributed by atoms with van der Waals surface area (Å²) in [6, 6.07) is 15.5. The highest BCUT2D eigenvalue weighted by molar-refractivity contribution is 5.98. The summed E-state index contributed by atoms with van der Waals surface area (Å²) in [6.45, 7) is 3.61. The average Bonchev–Trinajstić information content (AvgIpc) is 3.44. The molecular weight excluding hydrogens is 440 g/mol. The van der Waals surface area contributed by atoms with Gasteiger partial charge in [0.2, 0.25) is 0 Å². The molecule has 6 rings (SSSR count). The van der Waals surface area contributed by atoms with Crippen molar-refractivity contribution in [1.29, 1.82) is 0 Å². The smallest absolute Gasteiger partial charge is 0.252 e. The molecule has 2 fully saturated rings. The summed E-state index contributed by atoms with van der Waals surface area (Å²) >= 11 is 0.